The van der Waals surface area contributed by atoms with E-state index in [1.165, 1.54) is 11.1 Å². The van der Waals surface area contributed by atoms with E-state index in [9.17, 15) is 4.79 Å². The fourth-order valence-electron chi connectivity index (χ4n) is 3.55. The third-order valence-corrected chi connectivity index (χ3v) is 5.40. The highest BCUT2D eigenvalue weighted by atomic mass is 127. The number of ether oxygens (including phenoxy) is 2. The first kappa shape index (κ1) is 17.0. The minimum atomic E-state index is -0.234. The summed E-state index contributed by atoms with van der Waals surface area (Å²) in [6.45, 7) is 1.92. The molecular weight excluding hydrogens is 431 g/mol. The molecule has 2 aliphatic heterocycles. The first-order valence-electron chi connectivity index (χ1n) is 8.79. The quantitative estimate of drug-likeness (QED) is 0.517. The zero-order valence-corrected chi connectivity index (χ0v) is 16.2. The average molecular weight is 452 g/mol. The van der Waals surface area contributed by atoms with E-state index in [4.69, 9.17) is 9.47 Å². The number of hydrogen-bond acceptors (Lipinski definition) is 4. The Labute approximate surface area is 160 Å². The SMILES string of the molecule is O=c1nc(OC[C@@H]2CCCO2)cc2n1CCc1cc(CCI)ccc1-2. The zero-order chi connectivity index (χ0) is 17.2. The highest BCUT2D eigenvalue weighted by Gasteiger charge is 2.21. The molecule has 3 heterocycles. The van der Waals surface area contributed by atoms with Gasteiger partial charge in [-0.3, -0.25) is 4.57 Å². The van der Waals surface area contributed by atoms with Gasteiger partial charge in [-0.2, -0.15) is 4.98 Å². The van der Waals surface area contributed by atoms with E-state index >= 15 is 0 Å². The van der Waals surface area contributed by atoms with E-state index in [1.54, 1.807) is 4.57 Å². The van der Waals surface area contributed by atoms with Crippen molar-refractivity contribution in [2.75, 3.05) is 17.6 Å². The van der Waals surface area contributed by atoms with Crippen molar-refractivity contribution in [3.63, 3.8) is 0 Å². The number of hydrogen-bond donors (Lipinski definition) is 0. The molecule has 1 atom stereocenters. The summed E-state index contributed by atoms with van der Waals surface area (Å²) in [4.78, 5) is 16.5. The molecule has 132 valence electrons. The van der Waals surface area contributed by atoms with Crippen molar-refractivity contribution < 1.29 is 9.47 Å². The van der Waals surface area contributed by atoms with Gasteiger partial charge >= 0.3 is 5.69 Å². The van der Waals surface area contributed by atoms with Crippen LogP contribution in [0.15, 0.2) is 29.1 Å². The summed E-state index contributed by atoms with van der Waals surface area (Å²) in [5.41, 5.74) is 4.45. The van der Waals surface area contributed by atoms with E-state index in [1.807, 2.05) is 6.07 Å². The molecule has 25 heavy (non-hydrogen) atoms. The monoisotopic (exact) mass is 452 g/mol. The van der Waals surface area contributed by atoms with Gasteiger partial charge in [0.2, 0.25) is 5.88 Å². The number of alkyl halides is 1. The molecule has 0 unspecified atom stereocenters. The molecule has 1 aromatic heterocycles. The van der Waals surface area contributed by atoms with E-state index < -0.39 is 0 Å². The lowest BCUT2D eigenvalue weighted by atomic mass is 9.95. The molecule has 0 bridgehead atoms. The van der Waals surface area contributed by atoms with Crippen LogP contribution in [0.1, 0.15) is 24.0 Å². The topological polar surface area (TPSA) is 53.4 Å². The van der Waals surface area contributed by atoms with E-state index in [0.29, 0.717) is 19.0 Å². The molecule has 0 amide bonds. The van der Waals surface area contributed by atoms with E-state index in [-0.39, 0.29) is 11.8 Å². The minimum Gasteiger partial charge on any atom is -0.475 e. The summed E-state index contributed by atoms with van der Waals surface area (Å²) in [5.74, 6) is 0.399. The van der Waals surface area contributed by atoms with Gasteiger partial charge < -0.3 is 9.47 Å². The fourth-order valence-corrected chi connectivity index (χ4v) is 4.18. The van der Waals surface area contributed by atoms with Crippen molar-refractivity contribution in [1.82, 2.24) is 9.55 Å². The zero-order valence-electron chi connectivity index (χ0n) is 14.0. The van der Waals surface area contributed by atoms with Crippen molar-refractivity contribution >= 4 is 22.6 Å². The number of aryl methyl sites for hydroxylation is 2. The van der Waals surface area contributed by atoms with Gasteiger partial charge in [-0.25, -0.2) is 4.79 Å². The predicted molar refractivity (Wildman–Crippen MR) is 105 cm³/mol. The van der Waals surface area contributed by atoms with Crippen molar-refractivity contribution in [2.45, 2.75) is 38.3 Å². The third kappa shape index (κ3) is 3.60. The molecule has 0 aliphatic carbocycles. The van der Waals surface area contributed by atoms with Crippen LogP contribution in [0, 0.1) is 0 Å². The van der Waals surface area contributed by atoms with E-state index in [2.05, 4.69) is 45.8 Å². The molecule has 5 nitrogen and oxygen atoms in total. The third-order valence-electron chi connectivity index (χ3n) is 4.86. The Bertz CT molecular complexity index is 828. The lowest BCUT2D eigenvalue weighted by molar-refractivity contribution is 0.0661. The Balaban J connectivity index is 1.63. The molecular formula is C19H21IN2O3. The van der Waals surface area contributed by atoms with Gasteiger partial charge in [0.05, 0.1) is 11.8 Å². The molecule has 2 aromatic rings. The highest BCUT2D eigenvalue weighted by Crippen LogP contribution is 2.30. The van der Waals surface area contributed by atoms with Crippen LogP contribution in [0.2, 0.25) is 0 Å². The fraction of sp³-hybridized carbons (Fsp3) is 0.474. The highest BCUT2D eigenvalue weighted by molar-refractivity contribution is 14.1. The number of rotatable bonds is 5. The average Bonchev–Trinajstić information content (AvgIpc) is 3.13. The van der Waals surface area contributed by atoms with Gasteiger partial charge in [0.15, 0.2) is 0 Å². The lowest BCUT2D eigenvalue weighted by Gasteiger charge is -2.22. The van der Waals surface area contributed by atoms with Gasteiger partial charge in [-0.1, -0.05) is 40.8 Å². The van der Waals surface area contributed by atoms with Crippen LogP contribution in [0.25, 0.3) is 11.3 Å². The maximum atomic E-state index is 12.4. The first-order chi connectivity index (χ1) is 12.2. The van der Waals surface area contributed by atoms with Crippen molar-refractivity contribution in [2.24, 2.45) is 0 Å². The van der Waals surface area contributed by atoms with Gasteiger partial charge in [0.1, 0.15) is 6.61 Å². The molecule has 4 rings (SSSR count). The van der Waals surface area contributed by atoms with Crippen LogP contribution in [0.4, 0.5) is 0 Å². The molecule has 0 N–H and O–H groups in total. The largest absolute Gasteiger partial charge is 0.475 e. The second-order valence-corrected chi connectivity index (χ2v) is 7.62. The summed E-state index contributed by atoms with van der Waals surface area (Å²) >= 11 is 2.40. The van der Waals surface area contributed by atoms with Gasteiger partial charge in [-0.15, -0.1) is 0 Å². The van der Waals surface area contributed by atoms with Crippen LogP contribution in [0.5, 0.6) is 5.88 Å². The Kier molecular flexibility index (Phi) is 5.08. The molecule has 1 fully saturated rings. The maximum Gasteiger partial charge on any atom is 0.351 e. The summed E-state index contributed by atoms with van der Waals surface area (Å²) < 4.78 is 14.2. The van der Waals surface area contributed by atoms with Crippen molar-refractivity contribution in [3.8, 4) is 17.1 Å². The molecule has 6 heteroatoms. The van der Waals surface area contributed by atoms with Crippen LogP contribution < -0.4 is 10.4 Å². The van der Waals surface area contributed by atoms with Crippen LogP contribution in [0.3, 0.4) is 0 Å². The molecule has 0 radical (unpaired) electrons. The lowest BCUT2D eigenvalue weighted by Crippen LogP contribution is -2.29. The van der Waals surface area contributed by atoms with Gasteiger partial charge in [-0.05, 0) is 36.8 Å². The van der Waals surface area contributed by atoms with Crippen LogP contribution in [-0.2, 0) is 24.1 Å². The molecule has 0 saturated carbocycles. The van der Waals surface area contributed by atoms with Crippen molar-refractivity contribution in [3.05, 3.63) is 45.9 Å². The predicted octanol–water partition coefficient (Wildman–Crippen LogP) is 3.00. The standard InChI is InChI=1S/C19H21IN2O3/c20-7-5-13-3-4-16-14(10-13)6-8-22-17(16)11-18(21-19(22)23)25-12-15-2-1-9-24-15/h3-4,10-11,15H,1-2,5-9,12H2/t15-/m0/s1. The normalized spacial score (nSPS) is 18.7. The summed E-state index contributed by atoms with van der Waals surface area (Å²) in [6, 6.07) is 8.46. The Morgan fingerprint density at radius 3 is 3.08 bits per heavy atom. The minimum absolute atomic E-state index is 0.115. The Hall–Kier alpha value is -1.41. The van der Waals surface area contributed by atoms with Gasteiger partial charge in [0, 0.05) is 29.2 Å². The summed E-state index contributed by atoms with van der Waals surface area (Å²) in [7, 11) is 0. The Morgan fingerprint density at radius 1 is 1.36 bits per heavy atom. The Morgan fingerprint density at radius 2 is 2.28 bits per heavy atom. The molecule has 2 aliphatic rings. The maximum absolute atomic E-state index is 12.4. The summed E-state index contributed by atoms with van der Waals surface area (Å²) in [5, 5.41) is 0. The summed E-state index contributed by atoms with van der Waals surface area (Å²) in [6.07, 6.45) is 4.14. The van der Waals surface area contributed by atoms with Crippen molar-refractivity contribution in [1.29, 1.82) is 0 Å². The van der Waals surface area contributed by atoms with Gasteiger partial charge in [0.25, 0.3) is 0 Å². The van der Waals surface area contributed by atoms with E-state index in [0.717, 1.165) is 48.0 Å². The second kappa shape index (κ2) is 7.45. The molecule has 1 aromatic carbocycles. The smallest absolute Gasteiger partial charge is 0.351 e. The number of fused-ring (bicyclic) bond motifs is 3. The molecule has 1 saturated heterocycles. The first-order valence-corrected chi connectivity index (χ1v) is 10.3. The van der Waals surface area contributed by atoms with Crippen LogP contribution >= 0.6 is 22.6 Å². The number of nitrogens with zero attached hydrogens (tertiary/aromatic N) is 2. The molecule has 0 spiro atoms. The number of halogens is 1. The van der Waals surface area contributed by atoms with Crippen LogP contribution in [-0.4, -0.2) is 33.3 Å². The number of benzene rings is 1. The number of aromatic nitrogens is 2. The second-order valence-electron chi connectivity index (χ2n) is 6.54.